The Labute approximate surface area is 122 Å². The number of imide groups is 1. The molecule has 9 heteroatoms. The minimum Gasteiger partial charge on any atom is -0.399 e. The van der Waals surface area contributed by atoms with Crippen LogP contribution in [0.3, 0.4) is 0 Å². The van der Waals surface area contributed by atoms with Crippen LogP contribution in [0.15, 0.2) is 17.0 Å². The quantitative estimate of drug-likeness (QED) is 0.717. The molecule has 0 saturated carbocycles. The minimum atomic E-state index is -2.31. The van der Waals surface area contributed by atoms with Crippen LogP contribution in [0.1, 0.15) is 13.8 Å². The number of hydrogen-bond acceptors (Lipinski definition) is 4. The van der Waals surface area contributed by atoms with Crippen LogP contribution in [0.25, 0.3) is 0 Å². The Morgan fingerprint density at radius 1 is 1.33 bits per heavy atom. The zero-order valence-electron chi connectivity index (χ0n) is 11.4. The van der Waals surface area contributed by atoms with E-state index in [1.54, 1.807) is 6.92 Å². The van der Waals surface area contributed by atoms with Gasteiger partial charge in [0.25, 0.3) is 0 Å². The molecule has 1 aromatic carbocycles. The van der Waals surface area contributed by atoms with E-state index in [4.69, 9.17) is 5.73 Å². The monoisotopic (exact) mass is 319 g/mol. The number of carbonyl (C=O) groups is 2. The van der Waals surface area contributed by atoms with Crippen molar-refractivity contribution in [3.63, 3.8) is 0 Å². The number of nitrogen functional groups attached to an aromatic ring is 1. The highest BCUT2D eigenvalue weighted by molar-refractivity contribution is 7.86. The van der Waals surface area contributed by atoms with Gasteiger partial charge in [0.1, 0.15) is 21.8 Å². The summed E-state index contributed by atoms with van der Waals surface area (Å²) in [6.07, 6.45) is 0. The lowest BCUT2D eigenvalue weighted by Gasteiger charge is -2.13. The second-order valence-corrected chi connectivity index (χ2v) is 5.81. The average Bonchev–Trinajstić information content (AvgIpc) is 2.36. The smallest absolute Gasteiger partial charge is 0.321 e. The summed E-state index contributed by atoms with van der Waals surface area (Å²) in [5.41, 5.74) is 5.09. The molecule has 1 aromatic rings. The normalized spacial score (nSPS) is 13.3. The molecular weight excluding hydrogens is 304 g/mol. The molecule has 6 nitrogen and oxygen atoms in total. The lowest BCUT2D eigenvalue weighted by Crippen LogP contribution is -2.44. The molecule has 0 saturated heterocycles. The van der Waals surface area contributed by atoms with Crippen molar-refractivity contribution < 1.29 is 22.6 Å². The highest BCUT2D eigenvalue weighted by Crippen LogP contribution is 2.22. The molecule has 4 N–H and O–H groups in total. The Morgan fingerprint density at radius 2 is 1.86 bits per heavy atom. The lowest BCUT2D eigenvalue weighted by molar-refractivity contribution is -0.119. The van der Waals surface area contributed by atoms with Crippen LogP contribution < -0.4 is 16.4 Å². The van der Waals surface area contributed by atoms with E-state index in [0.29, 0.717) is 0 Å². The van der Waals surface area contributed by atoms with E-state index in [2.05, 4.69) is 5.32 Å². The van der Waals surface area contributed by atoms with Gasteiger partial charge in [-0.05, 0) is 26.0 Å². The van der Waals surface area contributed by atoms with E-state index in [-0.39, 0.29) is 12.2 Å². The predicted octanol–water partition coefficient (Wildman–Crippen LogP) is 0.889. The second kappa shape index (κ2) is 7.11. The molecule has 0 aliphatic carbocycles. The summed E-state index contributed by atoms with van der Waals surface area (Å²) < 4.78 is 39.4. The SMILES string of the molecule is CCNC(=O)NC(=O)C(C)S(=O)c1c(F)cc(N)cc1F. The second-order valence-electron chi connectivity index (χ2n) is 4.10. The maximum Gasteiger partial charge on any atom is 0.321 e. The number of carbonyl (C=O) groups excluding carboxylic acids is 2. The number of nitrogens with two attached hydrogens (primary N) is 1. The van der Waals surface area contributed by atoms with Crippen molar-refractivity contribution in [2.75, 3.05) is 12.3 Å². The summed E-state index contributed by atoms with van der Waals surface area (Å²) in [6.45, 7) is 3.13. The fourth-order valence-corrected chi connectivity index (χ4v) is 2.57. The Balaban J connectivity index is 2.93. The van der Waals surface area contributed by atoms with Crippen LogP contribution in [0.5, 0.6) is 0 Å². The van der Waals surface area contributed by atoms with Crippen LogP contribution in [0, 0.1) is 11.6 Å². The van der Waals surface area contributed by atoms with Gasteiger partial charge in [-0.25, -0.2) is 13.6 Å². The Bertz CT molecular complexity index is 572. The van der Waals surface area contributed by atoms with Crippen molar-refractivity contribution in [2.45, 2.75) is 24.0 Å². The first kappa shape index (κ1) is 17.0. The molecule has 0 fully saturated rings. The van der Waals surface area contributed by atoms with E-state index in [0.717, 1.165) is 12.1 Å². The Hall–Kier alpha value is -2.03. The first-order chi connectivity index (χ1) is 9.77. The van der Waals surface area contributed by atoms with Gasteiger partial charge in [-0.3, -0.25) is 14.3 Å². The minimum absolute atomic E-state index is 0.162. The largest absolute Gasteiger partial charge is 0.399 e. The molecule has 0 heterocycles. The Morgan fingerprint density at radius 3 is 2.33 bits per heavy atom. The molecule has 116 valence electrons. The number of halogens is 2. The predicted molar refractivity (Wildman–Crippen MR) is 73.9 cm³/mol. The highest BCUT2D eigenvalue weighted by atomic mass is 32.2. The number of rotatable bonds is 4. The van der Waals surface area contributed by atoms with Crippen LogP contribution >= 0.6 is 0 Å². The van der Waals surface area contributed by atoms with Crippen LogP contribution in [-0.4, -0.2) is 27.9 Å². The van der Waals surface area contributed by atoms with E-state index < -0.39 is 44.5 Å². The van der Waals surface area contributed by atoms with Gasteiger partial charge < -0.3 is 11.1 Å². The van der Waals surface area contributed by atoms with Crippen molar-refractivity contribution in [3.05, 3.63) is 23.8 Å². The van der Waals surface area contributed by atoms with Crippen molar-refractivity contribution in [3.8, 4) is 0 Å². The third-order valence-electron chi connectivity index (χ3n) is 2.49. The third kappa shape index (κ3) is 4.22. The van der Waals surface area contributed by atoms with Crippen LogP contribution in [0.2, 0.25) is 0 Å². The number of anilines is 1. The Kier molecular flexibility index (Phi) is 5.77. The van der Waals surface area contributed by atoms with Gasteiger partial charge in [0.15, 0.2) is 0 Å². The number of urea groups is 1. The number of nitrogens with one attached hydrogen (secondary N) is 2. The number of benzene rings is 1. The maximum absolute atomic E-state index is 13.6. The zero-order valence-corrected chi connectivity index (χ0v) is 12.2. The lowest BCUT2D eigenvalue weighted by atomic mass is 10.3. The third-order valence-corrected chi connectivity index (χ3v) is 4.13. The standard InChI is InChI=1S/C12H15F2N3O3S/c1-3-16-12(19)17-11(18)6(2)21(20)10-8(13)4-7(15)5-9(10)14/h4-6H,3,15H2,1-2H3,(H2,16,17,18,19). The molecular formula is C12H15F2N3O3S. The molecule has 0 radical (unpaired) electrons. The van der Waals surface area contributed by atoms with Gasteiger partial charge in [0.05, 0.1) is 10.8 Å². The van der Waals surface area contributed by atoms with Crippen molar-refractivity contribution in [2.24, 2.45) is 0 Å². The molecule has 3 amide bonds. The van der Waals surface area contributed by atoms with Crippen molar-refractivity contribution in [1.29, 1.82) is 0 Å². The van der Waals surface area contributed by atoms with Gasteiger partial charge in [-0.15, -0.1) is 0 Å². The molecule has 0 aliphatic heterocycles. The average molecular weight is 319 g/mol. The first-order valence-electron chi connectivity index (χ1n) is 6.01. The highest BCUT2D eigenvalue weighted by Gasteiger charge is 2.27. The topological polar surface area (TPSA) is 101 Å². The summed E-state index contributed by atoms with van der Waals surface area (Å²) in [6, 6.07) is 0.847. The van der Waals surface area contributed by atoms with Gasteiger partial charge >= 0.3 is 6.03 Å². The number of hydrogen-bond donors (Lipinski definition) is 3. The molecule has 0 spiro atoms. The van der Waals surface area contributed by atoms with Crippen molar-refractivity contribution >= 4 is 28.4 Å². The van der Waals surface area contributed by atoms with E-state index in [1.807, 2.05) is 5.32 Å². The van der Waals surface area contributed by atoms with Gasteiger partial charge in [-0.2, -0.15) is 0 Å². The molecule has 0 aliphatic rings. The summed E-state index contributed by atoms with van der Waals surface area (Å²) in [5, 5.41) is 2.92. The molecule has 1 rings (SSSR count). The fraction of sp³-hybridized carbons (Fsp3) is 0.333. The first-order valence-corrected chi connectivity index (χ1v) is 7.23. The number of amides is 3. The van der Waals surface area contributed by atoms with E-state index in [1.165, 1.54) is 6.92 Å². The van der Waals surface area contributed by atoms with E-state index >= 15 is 0 Å². The van der Waals surface area contributed by atoms with Gasteiger partial charge in [0.2, 0.25) is 5.91 Å². The summed E-state index contributed by atoms with van der Waals surface area (Å²) >= 11 is 0. The van der Waals surface area contributed by atoms with Crippen LogP contribution in [0.4, 0.5) is 19.3 Å². The summed E-state index contributed by atoms with van der Waals surface area (Å²) in [4.78, 5) is 22.1. The van der Waals surface area contributed by atoms with Gasteiger partial charge in [-0.1, -0.05) is 0 Å². The zero-order chi connectivity index (χ0) is 16.2. The van der Waals surface area contributed by atoms with Gasteiger partial charge in [0, 0.05) is 12.2 Å². The molecule has 2 unspecified atom stereocenters. The maximum atomic E-state index is 13.6. The molecule has 2 atom stereocenters. The fourth-order valence-electron chi connectivity index (χ4n) is 1.46. The summed E-state index contributed by atoms with van der Waals surface area (Å²) in [5.74, 6) is -3.12. The van der Waals surface area contributed by atoms with E-state index in [9.17, 15) is 22.6 Å². The molecule has 0 bridgehead atoms. The molecule has 21 heavy (non-hydrogen) atoms. The van der Waals surface area contributed by atoms with Crippen molar-refractivity contribution in [1.82, 2.24) is 10.6 Å². The summed E-state index contributed by atoms with van der Waals surface area (Å²) in [7, 11) is -2.31. The van der Waals surface area contributed by atoms with Crippen LogP contribution in [-0.2, 0) is 15.6 Å². The molecule has 0 aromatic heterocycles.